The molecule has 8 heteroatoms. The van der Waals surface area contributed by atoms with Crippen LogP contribution in [0.3, 0.4) is 0 Å². The average Bonchev–Trinajstić information content (AvgIpc) is 3.34. The van der Waals surface area contributed by atoms with Gasteiger partial charge < -0.3 is 19.9 Å². The lowest BCUT2D eigenvalue weighted by Crippen LogP contribution is -2.44. The van der Waals surface area contributed by atoms with Crippen molar-refractivity contribution in [1.82, 2.24) is 14.9 Å². The minimum atomic E-state index is -0.268. The maximum atomic E-state index is 11.6. The average molecular weight is 490 g/mol. The van der Waals surface area contributed by atoms with Gasteiger partial charge >= 0.3 is 0 Å². The van der Waals surface area contributed by atoms with E-state index in [2.05, 4.69) is 52.5 Å². The van der Waals surface area contributed by atoms with Crippen molar-refractivity contribution >= 4 is 35.0 Å². The van der Waals surface area contributed by atoms with E-state index in [1.807, 2.05) is 18.2 Å². The SMILES string of the molecule is CN1CCN(c2ccc(Cc3nc4c(c(Oc5cccc(NC(=O)CCl)c5)n3)C=CC4)cc2)CC1. The Morgan fingerprint density at radius 2 is 1.89 bits per heavy atom. The minimum absolute atomic E-state index is 0.102. The summed E-state index contributed by atoms with van der Waals surface area (Å²) >= 11 is 5.60. The second-order valence-corrected chi connectivity index (χ2v) is 9.12. The van der Waals surface area contributed by atoms with Gasteiger partial charge in [-0.1, -0.05) is 30.4 Å². The molecule has 0 saturated carbocycles. The maximum absolute atomic E-state index is 11.6. The number of nitrogens with one attached hydrogen (secondary N) is 1. The van der Waals surface area contributed by atoms with Crippen molar-refractivity contribution < 1.29 is 9.53 Å². The molecule has 0 unspecified atom stereocenters. The molecule has 3 aromatic rings. The van der Waals surface area contributed by atoms with Crippen LogP contribution >= 0.6 is 11.6 Å². The van der Waals surface area contributed by atoms with Gasteiger partial charge in [-0.2, -0.15) is 4.98 Å². The Morgan fingerprint density at radius 1 is 1.09 bits per heavy atom. The van der Waals surface area contributed by atoms with Gasteiger partial charge in [0.1, 0.15) is 17.5 Å². The van der Waals surface area contributed by atoms with Crippen LogP contribution in [0.15, 0.2) is 54.6 Å². The summed E-state index contributed by atoms with van der Waals surface area (Å²) in [6, 6.07) is 15.9. The van der Waals surface area contributed by atoms with Crippen molar-refractivity contribution in [3.05, 3.63) is 77.3 Å². The van der Waals surface area contributed by atoms with Crippen LogP contribution in [0.5, 0.6) is 11.6 Å². The number of carbonyl (C=O) groups excluding carboxylic acids is 1. The zero-order chi connectivity index (χ0) is 24.2. The summed E-state index contributed by atoms with van der Waals surface area (Å²) in [7, 11) is 2.17. The number of rotatable bonds is 7. The molecule has 5 rings (SSSR count). The number of amides is 1. The van der Waals surface area contributed by atoms with Crippen LogP contribution in [0.2, 0.25) is 0 Å². The lowest BCUT2D eigenvalue weighted by molar-refractivity contribution is -0.113. The number of alkyl halides is 1. The standard InChI is InChI=1S/C27H28ClN5O2/c1-32-12-14-33(15-13-32)21-10-8-19(9-11-21)16-25-30-24-7-3-6-23(24)27(31-25)35-22-5-2-4-20(17-22)29-26(34)18-28/h2-6,8-11,17H,7,12-16,18H2,1H3,(H,29,34). The molecule has 35 heavy (non-hydrogen) atoms. The fourth-order valence-electron chi connectivity index (χ4n) is 4.33. The van der Waals surface area contributed by atoms with Crippen LogP contribution < -0.4 is 15.0 Å². The second-order valence-electron chi connectivity index (χ2n) is 8.86. The Bertz CT molecular complexity index is 1240. The number of carbonyl (C=O) groups is 1. The van der Waals surface area contributed by atoms with Crippen molar-refractivity contribution in [3.63, 3.8) is 0 Å². The number of piperazine rings is 1. The maximum Gasteiger partial charge on any atom is 0.239 e. The van der Waals surface area contributed by atoms with E-state index in [0.717, 1.165) is 55.2 Å². The number of nitrogens with zero attached hydrogens (tertiary/aromatic N) is 4. The number of fused-ring (bicyclic) bond motifs is 1. The van der Waals surface area contributed by atoms with Crippen molar-refractivity contribution in [1.29, 1.82) is 0 Å². The number of aromatic nitrogens is 2. The van der Waals surface area contributed by atoms with Crippen molar-refractivity contribution in [3.8, 4) is 11.6 Å². The predicted octanol–water partition coefficient (Wildman–Crippen LogP) is 4.36. The van der Waals surface area contributed by atoms with Crippen LogP contribution in [0.4, 0.5) is 11.4 Å². The Labute approximate surface area is 210 Å². The molecule has 2 aliphatic rings. The third kappa shape index (κ3) is 5.63. The molecule has 1 amide bonds. The summed E-state index contributed by atoms with van der Waals surface area (Å²) in [6.45, 7) is 4.27. The molecule has 2 aromatic carbocycles. The van der Waals surface area contributed by atoms with E-state index in [4.69, 9.17) is 26.3 Å². The van der Waals surface area contributed by atoms with E-state index in [0.29, 0.717) is 23.7 Å². The lowest BCUT2D eigenvalue weighted by atomic mass is 10.1. The molecule has 7 nitrogen and oxygen atoms in total. The van der Waals surface area contributed by atoms with Crippen LogP contribution in [-0.4, -0.2) is 59.9 Å². The molecular formula is C27H28ClN5O2. The molecule has 1 aliphatic heterocycles. The van der Waals surface area contributed by atoms with Gasteiger partial charge in [0, 0.05) is 56.5 Å². The molecule has 2 heterocycles. The number of hydrogen-bond donors (Lipinski definition) is 1. The zero-order valence-corrected chi connectivity index (χ0v) is 20.5. The summed E-state index contributed by atoms with van der Waals surface area (Å²) in [4.78, 5) is 26.0. The molecule has 0 bridgehead atoms. The molecule has 1 aromatic heterocycles. The van der Waals surface area contributed by atoms with Gasteiger partial charge in [-0.05, 0) is 36.9 Å². The fourth-order valence-corrected chi connectivity index (χ4v) is 4.39. The molecule has 180 valence electrons. The van der Waals surface area contributed by atoms with E-state index in [9.17, 15) is 4.79 Å². The number of hydrogen-bond acceptors (Lipinski definition) is 6. The summed E-state index contributed by atoms with van der Waals surface area (Å²) in [5.74, 6) is 1.46. The van der Waals surface area contributed by atoms with Gasteiger partial charge in [0.2, 0.25) is 11.8 Å². The topological polar surface area (TPSA) is 70.6 Å². The quantitative estimate of drug-likeness (QED) is 0.497. The first kappa shape index (κ1) is 23.3. The van der Waals surface area contributed by atoms with E-state index >= 15 is 0 Å². The first-order chi connectivity index (χ1) is 17.1. The zero-order valence-electron chi connectivity index (χ0n) is 19.7. The number of halogens is 1. The minimum Gasteiger partial charge on any atom is -0.438 e. The summed E-state index contributed by atoms with van der Waals surface area (Å²) in [5, 5.41) is 2.74. The van der Waals surface area contributed by atoms with E-state index < -0.39 is 0 Å². The highest BCUT2D eigenvalue weighted by atomic mass is 35.5. The van der Waals surface area contributed by atoms with Crippen LogP contribution in [0.1, 0.15) is 22.6 Å². The molecule has 0 radical (unpaired) electrons. The number of benzene rings is 2. The Morgan fingerprint density at radius 3 is 2.66 bits per heavy atom. The number of ether oxygens (including phenoxy) is 1. The van der Waals surface area contributed by atoms with Crippen molar-refractivity contribution in [2.45, 2.75) is 12.8 Å². The summed E-state index contributed by atoms with van der Waals surface area (Å²) < 4.78 is 6.17. The molecule has 0 spiro atoms. The largest absolute Gasteiger partial charge is 0.438 e. The van der Waals surface area contributed by atoms with Gasteiger partial charge in [-0.3, -0.25) is 4.79 Å². The smallest absolute Gasteiger partial charge is 0.239 e. The Kier molecular flexibility index (Phi) is 6.97. The Hall–Kier alpha value is -3.42. The molecular weight excluding hydrogens is 462 g/mol. The van der Waals surface area contributed by atoms with Crippen molar-refractivity contribution in [2.75, 3.05) is 49.3 Å². The molecule has 1 fully saturated rings. The fraction of sp³-hybridized carbons (Fsp3) is 0.296. The van der Waals surface area contributed by atoms with Gasteiger partial charge in [0.15, 0.2) is 0 Å². The highest BCUT2D eigenvalue weighted by molar-refractivity contribution is 6.29. The van der Waals surface area contributed by atoms with Gasteiger partial charge in [-0.15, -0.1) is 11.6 Å². The van der Waals surface area contributed by atoms with Gasteiger partial charge in [0.25, 0.3) is 0 Å². The highest BCUT2D eigenvalue weighted by Gasteiger charge is 2.18. The number of allylic oxidation sites excluding steroid dienone is 1. The Balaban J connectivity index is 1.33. The van der Waals surface area contributed by atoms with Crippen LogP contribution in [0.25, 0.3) is 6.08 Å². The molecule has 0 atom stereocenters. The predicted molar refractivity (Wildman–Crippen MR) is 140 cm³/mol. The van der Waals surface area contributed by atoms with E-state index in [1.165, 1.54) is 5.69 Å². The van der Waals surface area contributed by atoms with Gasteiger partial charge in [0.05, 0.1) is 11.3 Å². The summed E-state index contributed by atoms with van der Waals surface area (Å²) in [5.41, 5.74) is 4.90. The third-order valence-electron chi connectivity index (χ3n) is 6.25. The number of anilines is 2. The first-order valence-electron chi connectivity index (χ1n) is 11.8. The van der Waals surface area contributed by atoms with E-state index in [-0.39, 0.29) is 11.8 Å². The molecule has 1 N–H and O–H groups in total. The lowest BCUT2D eigenvalue weighted by Gasteiger charge is -2.34. The monoisotopic (exact) mass is 489 g/mol. The third-order valence-corrected chi connectivity index (χ3v) is 6.50. The first-order valence-corrected chi connectivity index (χ1v) is 12.3. The van der Waals surface area contributed by atoms with Gasteiger partial charge in [-0.25, -0.2) is 4.98 Å². The highest BCUT2D eigenvalue weighted by Crippen LogP contribution is 2.31. The second kappa shape index (κ2) is 10.5. The van der Waals surface area contributed by atoms with Crippen LogP contribution in [0, 0.1) is 0 Å². The molecule has 1 aliphatic carbocycles. The summed E-state index contributed by atoms with van der Waals surface area (Å²) in [6.07, 6.45) is 5.45. The van der Waals surface area contributed by atoms with Crippen molar-refractivity contribution in [2.24, 2.45) is 0 Å². The number of likely N-dealkylation sites (N-methyl/N-ethyl adjacent to an activating group) is 1. The normalized spacial score (nSPS) is 15.2. The molecule has 1 saturated heterocycles. The van der Waals surface area contributed by atoms with E-state index in [1.54, 1.807) is 12.1 Å². The van der Waals surface area contributed by atoms with Crippen LogP contribution in [-0.2, 0) is 17.6 Å².